The molecule has 1 rings (SSSR count). The number of nitrogens with one attached hydrogen (secondary N) is 2. The Morgan fingerprint density at radius 3 is 2.67 bits per heavy atom. The van der Waals surface area contributed by atoms with Crippen LogP contribution in [0.4, 0.5) is 4.79 Å². The largest absolute Gasteiger partial charge is 0.492 e. The van der Waals surface area contributed by atoms with Crippen molar-refractivity contribution < 1.29 is 19.4 Å². The minimum atomic E-state index is -0.955. The fraction of sp³-hybridized carbons (Fsp3) is 0.467. The third-order valence-electron chi connectivity index (χ3n) is 2.69. The molecule has 0 spiro atoms. The zero-order chi connectivity index (χ0) is 15.9. The first-order chi connectivity index (χ1) is 9.78. The highest BCUT2D eigenvalue weighted by molar-refractivity contribution is 5.76. The van der Waals surface area contributed by atoms with Crippen LogP contribution in [0.5, 0.6) is 5.75 Å². The number of rotatable bonds is 7. The second kappa shape index (κ2) is 7.52. The van der Waals surface area contributed by atoms with Gasteiger partial charge in [-0.25, -0.2) is 4.79 Å². The van der Waals surface area contributed by atoms with Crippen LogP contribution in [-0.2, 0) is 4.79 Å². The van der Waals surface area contributed by atoms with Gasteiger partial charge < -0.3 is 20.5 Å². The van der Waals surface area contributed by atoms with Crippen molar-refractivity contribution in [3.8, 4) is 5.75 Å². The van der Waals surface area contributed by atoms with Gasteiger partial charge >= 0.3 is 12.0 Å². The summed E-state index contributed by atoms with van der Waals surface area (Å²) in [5, 5.41) is 14.0. The van der Waals surface area contributed by atoms with Crippen molar-refractivity contribution in [1.82, 2.24) is 10.6 Å². The summed E-state index contributed by atoms with van der Waals surface area (Å²) in [7, 11) is 0. The quantitative estimate of drug-likeness (QED) is 0.670. The average Bonchev–Trinajstić information content (AvgIpc) is 2.32. The lowest BCUT2D eigenvalue weighted by atomic mass is 10.0. The Hall–Kier alpha value is -2.24. The molecule has 0 atom stereocenters. The fourth-order valence-electron chi connectivity index (χ4n) is 1.81. The Labute approximate surface area is 124 Å². The average molecular weight is 294 g/mol. The first kappa shape index (κ1) is 16.8. The number of ether oxygens (including phenoxy) is 1. The van der Waals surface area contributed by atoms with Gasteiger partial charge in [0, 0.05) is 5.54 Å². The maximum atomic E-state index is 11.6. The Morgan fingerprint density at radius 2 is 2.05 bits per heavy atom. The van der Waals surface area contributed by atoms with Gasteiger partial charge in [0.05, 0.1) is 13.0 Å². The van der Waals surface area contributed by atoms with Gasteiger partial charge in [-0.3, -0.25) is 4.79 Å². The van der Waals surface area contributed by atoms with Crippen molar-refractivity contribution >= 4 is 12.0 Å². The van der Waals surface area contributed by atoms with E-state index >= 15 is 0 Å². The van der Waals surface area contributed by atoms with E-state index in [9.17, 15) is 9.59 Å². The number of carboxylic acid groups (broad SMARTS) is 1. The summed E-state index contributed by atoms with van der Waals surface area (Å²) in [6.45, 7) is 5.97. The normalized spacial score (nSPS) is 10.8. The summed E-state index contributed by atoms with van der Waals surface area (Å²) >= 11 is 0. The van der Waals surface area contributed by atoms with Crippen molar-refractivity contribution in [2.24, 2.45) is 0 Å². The van der Waals surface area contributed by atoms with Crippen LogP contribution in [0.15, 0.2) is 24.3 Å². The zero-order valence-electron chi connectivity index (χ0n) is 12.6. The van der Waals surface area contributed by atoms with Crippen LogP contribution in [0.3, 0.4) is 0 Å². The van der Waals surface area contributed by atoms with Gasteiger partial charge in [0.2, 0.25) is 0 Å². The van der Waals surface area contributed by atoms with Gasteiger partial charge in [0.1, 0.15) is 12.4 Å². The van der Waals surface area contributed by atoms with Gasteiger partial charge in [-0.2, -0.15) is 0 Å². The van der Waals surface area contributed by atoms with E-state index in [1.165, 1.54) is 0 Å². The van der Waals surface area contributed by atoms with E-state index in [-0.39, 0.29) is 6.42 Å². The lowest BCUT2D eigenvalue weighted by Gasteiger charge is -2.24. The minimum absolute atomic E-state index is 0.139. The standard InChI is InChI=1S/C15H22N2O4/c1-11-5-4-6-12(9-11)21-8-7-16-14(20)17-15(2,3)10-13(18)19/h4-6,9H,7-8,10H2,1-3H3,(H,18,19)(H2,16,17,20). The van der Waals surface area contributed by atoms with E-state index in [0.717, 1.165) is 11.3 Å². The molecule has 0 bridgehead atoms. The zero-order valence-corrected chi connectivity index (χ0v) is 12.6. The first-order valence-electron chi connectivity index (χ1n) is 6.76. The second-order valence-corrected chi connectivity index (χ2v) is 5.50. The molecule has 0 aliphatic carbocycles. The van der Waals surface area contributed by atoms with Crippen LogP contribution in [0.2, 0.25) is 0 Å². The van der Waals surface area contributed by atoms with Crippen molar-refractivity contribution in [3.63, 3.8) is 0 Å². The molecular weight excluding hydrogens is 272 g/mol. The van der Waals surface area contributed by atoms with Gasteiger partial charge in [-0.1, -0.05) is 12.1 Å². The predicted octanol–water partition coefficient (Wildman–Crippen LogP) is 1.93. The van der Waals surface area contributed by atoms with Crippen LogP contribution in [0, 0.1) is 6.92 Å². The topological polar surface area (TPSA) is 87.7 Å². The molecule has 0 aromatic heterocycles. The number of carbonyl (C=O) groups excluding carboxylic acids is 1. The molecule has 0 heterocycles. The molecule has 0 fully saturated rings. The summed E-state index contributed by atoms with van der Waals surface area (Å²) < 4.78 is 5.50. The monoisotopic (exact) mass is 294 g/mol. The molecule has 6 nitrogen and oxygen atoms in total. The number of hydrogen-bond acceptors (Lipinski definition) is 3. The van der Waals surface area contributed by atoms with Gasteiger partial charge in [-0.05, 0) is 38.5 Å². The van der Waals surface area contributed by atoms with E-state index in [1.54, 1.807) is 13.8 Å². The molecule has 0 aliphatic rings. The number of hydrogen-bond donors (Lipinski definition) is 3. The summed E-state index contributed by atoms with van der Waals surface area (Å²) in [6.07, 6.45) is -0.139. The van der Waals surface area contributed by atoms with Crippen molar-refractivity contribution in [2.45, 2.75) is 32.7 Å². The first-order valence-corrected chi connectivity index (χ1v) is 6.76. The van der Waals surface area contributed by atoms with E-state index in [4.69, 9.17) is 9.84 Å². The number of carboxylic acids is 1. The van der Waals surface area contributed by atoms with Crippen LogP contribution >= 0.6 is 0 Å². The van der Waals surface area contributed by atoms with Crippen molar-refractivity contribution in [1.29, 1.82) is 0 Å². The number of amides is 2. The van der Waals surface area contributed by atoms with Crippen LogP contribution < -0.4 is 15.4 Å². The van der Waals surface area contributed by atoms with Crippen molar-refractivity contribution in [3.05, 3.63) is 29.8 Å². The molecule has 0 saturated carbocycles. The van der Waals surface area contributed by atoms with E-state index in [0.29, 0.717) is 13.2 Å². The highest BCUT2D eigenvalue weighted by Crippen LogP contribution is 2.11. The lowest BCUT2D eigenvalue weighted by molar-refractivity contribution is -0.138. The van der Waals surface area contributed by atoms with Crippen LogP contribution in [0.1, 0.15) is 25.8 Å². The fourth-order valence-corrected chi connectivity index (χ4v) is 1.81. The molecule has 2 amide bonds. The Kier molecular flexibility index (Phi) is 6.02. The maximum Gasteiger partial charge on any atom is 0.315 e. The summed E-state index contributed by atoms with van der Waals surface area (Å²) in [5.41, 5.74) is 0.307. The van der Waals surface area contributed by atoms with E-state index in [2.05, 4.69) is 10.6 Å². The molecule has 1 aromatic carbocycles. The third-order valence-corrected chi connectivity index (χ3v) is 2.69. The molecular formula is C15H22N2O4. The Bertz CT molecular complexity index is 500. The SMILES string of the molecule is Cc1cccc(OCCNC(=O)NC(C)(C)CC(=O)O)c1. The molecule has 0 radical (unpaired) electrons. The van der Waals surface area contributed by atoms with E-state index in [1.807, 2.05) is 31.2 Å². The molecule has 0 saturated heterocycles. The van der Waals surface area contributed by atoms with Gasteiger partial charge in [0.15, 0.2) is 0 Å². The third kappa shape index (κ3) is 7.20. The smallest absolute Gasteiger partial charge is 0.315 e. The number of benzene rings is 1. The maximum absolute atomic E-state index is 11.6. The molecule has 0 unspecified atom stereocenters. The highest BCUT2D eigenvalue weighted by atomic mass is 16.5. The number of aliphatic carboxylic acids is 1. The minimum Gasteiger partial charge on any atom is -0.492 e. The Balaban J connectivity index is 2.26. The molecule has 116 valence electrons. The van der Waals surface area contributed by atoms with E-state index < -0.39 is 17.5 Å². The van der Waals surface area contributed by atoms with Crippen LogP contribution in [0.25, 0.3) is 0 Å². The molecule has 0 aliphatic heterocycles. The summed E-state index contributed by atoms with van der Waals surface area (Å²) in [5.74, 6) is -0.202. The molecule has 21 heavy (non-hydrogen) atoms. The van der Waals surface area contributed by atoms with Crippen molar-refractivity contribution in [2.75, 3.05) is 13.2 Å². The summed E-state index contributed by atoms with van der Waals surface area (Å²) in [4.78, 5) is 22.3. The molecule has 3 N–H and O–H groups in total. The Morgan fingerprint density at radius 1 is 1.33 bits per heavy atom. The van der Waals surface area contributed by atoms with Gasteiger partial charge in [-0.15, -0.1) is 0 Å². The highest BCUT2D eigenvalue weighted by Gasteiger charge is 2.23. The predicted molar refractivity (Wildman–Crippen MR) is 79.5 cm³/mol. The second-order valence-electron chi connectivity index (χ2n) is 5.50. The number of carbonyl (C=O) groups is 2. The van der Waals surface area contributed by atoms with Gasteiger partial charge in [0.25, 0.3) is 0 Å². The number of urea groups is 1. The molecule has 1 aromatic rings. The number of aryl methyl sites for hydroxylation is 1. The molecule has 6 heteroatoms. The lowest BCUT2D eigenvalue weighted by Crippen LogP contribution is -2.50. The summed E-state index contributed by atoms with van der Waals surface area (Å²) in [6, 6.07) is 7.23. The van der Waals surface area contributed by atoms with Crippen LogP contribution in [-0.4, -0.2) is 35.8 Å².